The maximum absolute atomic E-state index is 9.90. The summed E-state index contributed by atoms with van der Waals surface area (Å²) in [4.78, 5) is 0. The summed E-state index contributed by atoms with van der Waals surface area (Å²) in [5.74, 6) is 0.923. The molecular formula is C17H10N6O2. The predicted molar refractivity (Wildman–Crippen MR) is 87.1 cm³/mol. The van der Waals surface area contributed by atoms with Crippen molar-refractivity contribution in [3.05, 3.63) is 65.3 Å². The number of fused-ring (bicyclic) bond motifs is 2. The van der Waals surface area contributed by atoms with Crippen LogP contribution in [0.3, 0.4) is 0 Å². The summed E-state index contributed by atoms with van der Waals surface area (Å²) in [6.07, 6.45) is 3.27. The topological polar surface area (TPSA) is 117 Å². The van der Waals surface area contributed by atoms with Crippen molar-refractivity contribution < 1.29 is 9.05 Å². The number of H-pyrrole nitrogens is 1. The fourth-order valence-electron chi connectivity index (χ4n) is 3.23. The molecule has 0 fully saturated rings. The highest BCUT2D eigenvalue weighted by molar-refractivity contribution is 5.88. The first kappa shape index (κ1) is 13.6. The first-order valence-electron chi connectivity index (χ1n) is 7.56. The third-order valence-electron chi connectivity index (χ3n) is 4.30. The number of furan rings is 1. The molecule has 120 valence electrons. The number of allylic oxidation sites excluding steroid dienone is 1. The van der Waals surface area contributed by atoms with Gasteiger partial charge in [-0.25, -0.2) is 4.63 Å². The lowest BCUT2D eigenvalue weighted by Crippen LogP contribution is -2.17. The van der Waals surface area contributed by atoms with Gasteiger partial charge in [0, 0.05) is 5.56 Å². The second kappa shape index (κ2) is 5.07. The first-order chi connectivity index (χ1) is 12.4. The fraction of sp³-hybridized carbons (Fsp3) is 0.0588. The Kier molecular flexibility index (Phi) is 2.75. The van der Waals surface area contributed by atoms with Crippen LogP contribution in [-0.2, 0) is 0 Å². The molecule has 4 aromatic rings. The number of anilines is 1. The molecule has 5 rings (SSSR count). The van der Waals surface area contributed by atoms with Crippen LogP contribution in [0.5, 0.6) is 0 Å². The standard InChI is InChI=1S/C17H10N6O2/c18-7-10-14(9-3-1-4-12-15(9)23-25-22-12)11-8-19-21-17(11)20-16(10)13-5-2-6-24-13/h1-6,8,14H,(H2,19,20,21). The Balaban J connectivity index is 1.82. The molecule has 0 radical (unpaired) electrons. The molecule has 1 unspecified atom stereocenters. The van der Waals surface area contributed by atoms with Crippen molar-refractivity contribution in [3.8, 4) is 6.07 Å². The van der Waals surface area contributed by atoms with E-state index in [2.05, 4.69) is 31.9 Å². The number of hydrogen-bond acceptors (Lipinski definition) is 7. The lowest BCUT2D eigenvalue weighted by atomic mass is 9.82. The second-order valence-electron chi connectivity index (χ2n) is 5.62. The molecule has 0 amide bonds. The van der Waals surface area contributed by atoms with Gasteiger partial charge >= 0.3 is 0 Å². The van der Waals surface area contributed by atoms with Crippen LogP contribution < -0.4 is 5.32 Å². The lowest BCUT2D eigenvalue weighted by Gasteiger charge is -2.25. The van der Waals surface area contributed by atoms with E-state index in [4.69, 9.17) is 9.05 Å². The molecule has 0 bridgehead atoms. The van der Waals surface area contributed by atoms with Gasteiger partial charge in [-0.2, -0.15) is 10.4 Å². The van der Waals surface area contributed by atoms with E-state index in [9.17, 15) is 5.26 Å². The van der Waals surface area contributed by atoms with Crippen molar-refractivity contribution >= 4 is 22.5 Å². The number of nitriles is 1. The van der Waals surface area contributed by atoms with Crippen molar-refractivity contribution in [1.82, 2.24) is 20.5 Å². The van der Waals surface area contributed by atoms with E-state index in [1.54, 1.807) is 24.6 Å². The zero-order valence-corrected chi connectivity index (χ0v) is 12.7. The molecule has 0 aliphatic carbocycles. The van der Waals surface area contributed by atoms with Crippen molar-refractivity contribution in [3.63, 3.8) is 0 Å². The van der Waals surface area contributed by atoms with Crippen LogP contribution >= 0.6 is 0 Å². The third-order valence-corrected chi connectivity index (χ3v) is 4.30. The van der Waals surface area contributed by atoms with Gasteiger partial charge in [-0.3, -0.25) is 5.10 Å². The minimum absolute atomic E-state index is 0.365. The largest absolute Gasteiger partial charge is 0.463 e. The highest BCUT2D eigenvalue weighted by Gasteiger charge is 2.34. The zero-order valence-electron chi connectivity index (χ0n) is 12.7. The van der Waals surface area contributed by atoms with E-state index < -0.39 is 0 Å². The van der Waals surface area contributed by atoms with Gasteiger partial charge in [-0.15, -0.1) is 0 Å². The minimum Gasteiger partial charge on any atom is -0.463 e. The smallest absolute Gasteiger partial charge is 0.151 e. The van der Waals surface area contributed by atoms with Gasteiger partial charge < -0.3 is 9.73 Å². The molecule has 1 aromatic carbocycles. The number of rotatable bonds is 2. The molecule has 0 saturated heterocycles. The van der Waals surface area contributed by atoms with Crippen LogP contribution in [0.4, 0.5) is 5.82 Å². The third kappa shape index (κ3) is 1.89. The van der Waals surface area contributed by atoms with E-state index >= 15 is 0 Å². The summed E-state index contributed by atoms with van der Waals surface area (Å²) in [5.41, 5.74) is 4.04. The summed E-state index contributed by atoms with van der Waals surface area (Å²) < 4.78 is 10.4. The monoisotopic (exact) mass is 330 g/mol. The minimum atomic E-state index is -0.365. The quantitative estimate of drug-likeness (QED) is 0.580. The lowest BCUT2D eigenvalue weighted by molar-refractivity contribution is 0.315. The highest BCUT2D eigenvalue weighted by atomic mass is 16.6. The van der Waals surface area contributed by atoms with Gasteiger partial charge in [0.25, 0.3) is 0 Å². The Bertz CT molecular complexity index is 1150. The van der Waals surface area contributed by atoms with Crippen molar-refractivity contribution in [2.24, 2.45) is 0 Å². The van der Waals surface area contributed by atoms with Gasteiger partial charge in [0.2, 0.25) is 0 Å². The van der Waals surface area contributed by atoms with Gasteiger partial charge in [0.15, 0.2) is 5.76 Å². The molecule has 1 aliphatic rings. The number of aromatic amines is 1. The van der Waals surface area contributed by atoms with Gasteiger partial charge in [0.05, 0.1) is 35.7 Å². The molecule has 3 aromatic heterocycles. The highest BCUT2D eigenvalue weighted by Crippen LogP contribution is 2.44. The van der Waals surface area contributed by atoms with Crippen molar-refractivity contribution in [2.45, 2.75) is 5.92 Å². The summed E-state index contributed by atoms with van der Waals surface area (Å²) in [6, 6.07) is 11.5. The van der Waals surface area contributed by atoms with Crippen LogP contribution in [0.1, 0.15) is 22.8 Å². The van der Waals surface area contributed by atoms with E-state index in [1.807, 2.05) is 18.2 Å². The summed E-state index contributed by atoms with van der Waals surface area (Å²) in [7, 11) is 0. The Morgan fingerprint density at radius 1 is 1.12 bits per heavy atom. The zero-order chi connectivity index (χ0) is 16.8. The molecule has 8 heteroatoms. The molecular weight excluding hydrogens is 320 g/mol. The van der Waals surface area contributed by atoms with Crippen molar-refractivity contribution in [1.29, 1.82) is 5.26 Å². The van der Waals surface area contributed by atoms with Crippen LogP contribution in [0.2, 0.25) is 0 Å². The van der Waals surface area contributed by atoms with Crippen LogP contribution in [0, 0.1) is 11.3 Å². The molecule has 2 N–H and O–H groups in total. The maximum atomic E-state index is 9.90. The number of nitrogens with zero attached hydrogens (tertiary/aromatic N) is 4. The molecule has 1 atom stereocenters. The summed E-state index contributed by atoms with van der Waals surface area (Å²) in [5, 5.41) is 28.1. The molecule has 0 saturated carbocycles. The Morgan fingerprint density at radius 2 is 2.08 bits per heavy atom. The number of hydrogen-bond donors (Lipinski definition) is 2. The molecule has 25 heavy (non-hydrogen) atoms. The van der Waals surface area contributed by atoms with E-state index in [0.29, 0.717) is 33.9 Å². The van der Waals surface area contributed by atoms with Gasteiger partial charge in [-0.05, 0) is 34.1 Å². The number of nitrogens with one attached hydrogen (secondary N) is 2. The van der Waals surface area contributed by atoms with E-state index in [0.717, 1.165) is 11.1 Å². The summed E-state index contributed by atoms with van der Waals surface area (Å²) in [6.45, 7) is 0. The average molecular weight is 330 g/mol. The molecule has 4 heterocycles. The Labute approximate surface area is 140 Å². The van der Waals surface area contributed by atoms with Crippen LogP contribution in [0.25, 0.3) is 16.7 Å². The second-order valence-corrected chi connectivity index (χ2v) is 5.62. The fourth-order valence-corrected chi connectivity index (χ4v) is 3.23. The van der Waals surface area contributed by atoms with E-state index in [-0.39, 0.29) is 5.92 Å². The van der Waals surface area contributed by atoms with Gasteiger partial charge in [-0.1, -0.05) is 12.1 Å². The number of aromatic nitrogens is 4. The van der Waals surface area contributed by atoms with Crippen LogP contribution in [0.15, 0.2) is 57.4 Å². The predicted octanol–water partition coefficient (Wildman–Crippen LogP) is 3.03. The summed E-state index contributed by atoms with van der Waals surface area (Å²) >= 11 is 0. The maximum Gasteiger partial charge on any atom is 0.151 e. The average Bonchev–Trinajstić information content (AvgIpc) is 3.40. The molecule has 8 nitrogen and oxygen atoms in total. The SMILES string of the molecule is N#CC1=C(c2ccco2)Nc2[nH]ncc2C1c1cccc2nonc12. The van der Waals surface area contributed by atoms with Crippen LogP contribution in [-0.4, -0.2) is 20.5 Å². The van der Waals surface area contributed by atoms with Gasteiger partial charge in [0.1, 0.15) is 16.9 Å². The molecule has 1 aliphatic heterocycles. The Morgan fingerprint density at radius 3 is 2.92 bits per heavy atom. The molecule has 0 spiro atoms. The normalized spacial score (nSPS) is 16.5. The van der Waals surface area contributed by atoms with Crippen molar-refractivity contribution in [2.75, 3.05) is 5.32 Å². The first-order valence-corrected chi connectivity index (χ1v) is 7.56. The number of benzene rings is 1. The van der Waals surface area contributed by atoms with E-state index in [1.165, 1.54) is 0 Å². The Hall–Kier alpha value is -3.86.